The molecule has 0 fully saturated rings. The van der Waals surface area contributed by atoms with Gasteiger partial charge in [-0.05, 0) is 58.2 Å². The first-order valence-corrected chi connectivity index (χ1v) is 7.42. The Morgan fingerprint density at radius 3 is 2.45 bits per heavy atom. The average Bonchev–Trinajstić information content (AvgIpc) is 2.36. The minimum absolute atomic E-state index is 0.0427. The molecule has 0 aliphatic rings. The molecule has 0 unspecified atom stereocenters. The summed E-state index contributed by atoms with van der Waals surface area (Å²) in [6.07, 6.45) is 4.49. The van der Waals surface area contributed by atoms with E-state index < -0.39 is 6.29 Å². The van der Waals surface area contributed by atoms with Gasteiger partial charge in [0.25, 0.3) is 0 Å². The van der Waals surface area contributed by atoms with Crippen molar-refractivity contribution < 1.29 is 20.1 Å². The Balaban J connectivity index is 2.70. The molecule has 0 aliphatic heterocycles. The number of rotatable bonds is 7. The highest BCUT2D eigenvalue weighted by Crippen LogP contribution is 2.31. The standard InChI is InChI=1S/C18H26O4/c1-12(2)6-5-7-13(3)8-9-22-16-11-15(19)10-14(4)17(16)18(20)21/h6,8,10-11,18-21H,5,7,9H2,1-4H3/b13-8+. The van der Waals surface area contributed by atoms with E-state index in [1.807, 2.05) is 13.0 Å². The van der Waals surface area contributed by atoms with E-state index in [4.69, 9.17) is 4.74 Å². The summed E-state index contributed by atoms with van der Waals surface area (Å²) in [7, 11) is 0. The molecule has 1 rings (SSSR count). The number of aryl methyl sites for hydroxylation is 1. The molecule has 0 saturated heterocycles. The predicted octanol–water partition coefficient (Wildman–Crippen LogP) is 3.76. The number of benzene rings is 1. The number of hydrogen-bond acceptors (Lipinski definition) is 4. The second-order valence-corrected chi connectivity index (χ2v) is 5.73. The molecule has 4 nitrogen and oxygen atoms in total. The van der Waals surface area contributed by atoms with Crippen molar-refractivity contribution in [3.05, 3.63) is 46.6 Å². The largest absolute Gasteiger partial charge is 0.508 e. The van der Waals surface area contributed by atoms with Crippen LogP contribution < -0.4 is 4.74 Å². The second-order valence-electron chi connectivity index (χ2n) is 5.73. The Kier molecular flexibility index (Phi) is 7.15. The third-order valence-electron chi connectivity index (χ3n) is 3.35. The second kappa shape index (κ2) is 8.61. The normalized spacial score (nSPS) is 11.7. The fourth-order valence-corrected chi connectivity index (χ4v) is 2.16. The van der Waals surface area contributed by atoms with Gasteiger partial charge in [0.05, 0.1) is 5.56 Å². The summed E-state index contributed by atoms with van der Waals surface area (Å²) in [5.41, 5.74) is 3.38. The van der Waals surface area contributed by atoms with E-state index >= 15 is 0 Å². The Morgan fingerprint density at radius 2 is 1.86 bits per heavy atom. The Labute approximate surface area is 132 Å². The molecule has 1 aromatic carbocycles. The van der Waals surface area contributed by atoms with Crippen LogP contribution in [0.5, 0.6) is 11.5 Å². The molecule has 0 heterocycles. The van der Waals surface area contributed by atoms with Crippen molar-refractivity contribution in [2.45, 2.75) is 46.8 Å². The van der Waals surface area contributed by atoms with Crippen LogP contribution in [-0.4, -0.2) is 21.9 Å². The van der Waals surface area contributed by atoms with E-state index in [0.29, 0.717) is 17.9 Å². The molecule has 0 saturated carbocycles. The topological polar surface area (TPSA) is 69.9 Å². The van der Waals surface area contributed by atoms with Gasteiger partial charge in [0.2, 0.25) is 0 Å². The van der Waals surface area contributed by atoms with Crippen LogP contribution in [0.3, 0.4) is 0 Å². The first-order chi connectivity index (χ1) is 10.3. The average molecular weight is 306 g/mol. The predicted molar refractivity (Wildman–Crippen MR) is 87.9 cm³/mol. The van der Waals surface area contributed by atoms with Crippen LogP contribution in [-0.2, 0) is 0 Å². The lowest BCUT2D eigenvalue weighted by molar-refractivity contribution is -0.0445. The number of phenols is 1. The summed E-state index contributed by atoms with van der Waals surface area (Å²) >= 11 is 0. The van der Waals surface area contributed by atoms with Crippen molar-refractivity contribution in [1.82, 2.24) is 0 Å². The Hall–Kier alpha value is -1.78. The van der Waals surface area contributed by atoms with Gasteiger partial charge < -0.3 is 20.1 Å². The Morgan fingerprint density at radius 1 is 1.18 bits per heavy atom. The maximum absolute atomic E-state index is 9.61. The molecule has 122 valence electrons. The molecule has 0 atom stereocenters. The highest BCUT2D eigenvalue weighted by molar-refractivity contribution is 5.46. The van der Waals surface area contributed by atoms with Gasteiger partial charge >= 0.3 is 0 Å². The van der Waals surface area contributed by atoms with Crippen molar-refractivity contribution in [1.29, 1.82) is 0 Å². The van der Waals surface area contributed by atoms with Gasteiger partial charge in [-0.3, -0.25) is 0 Å². The summed E-state index contributed by atoms with van der Waals surface area (Å²) in [6.45, 7) is 8.21. The molecule has 0 aliphatic carbocycles. The summed E-state index contributed by atoms with van der Waals surface area (Å²) in [5.74, 6) is 0.335. The monoisotopic (exact) mass is 306 g/mol. The Bertz CT molecular complexity index is 552. The van der Waals surface area contributed by atoms with E-state index in [2.05, 4.69) is 19.9 Å². The zero-order chi connectivity index (χ0) is 16.7. The van der Waals surface area contributed by atoms with Crippen LogP contribution in [0.2, 0.25) is 0 Å². The van der Waals surface area contributed by atoms with Crippen LogP contribution in [0.25, 0.3) is 0 Å². The van der Waals surface area contributed by atoms with Crippen LogP contribution in [0, 0.1) is 6.92 Å². The maximum Gasteiger partial charge on any atom is 0.182 e. The number of ether oxygens (including phenoxy) is 1. The number of aliphatic hydroxyl groups excluding tert-OH is 1. The number of aromatic hydroxyl groups is 1. The van der Waals surface area contributed by atoms with Crippen LogP contribution in [0.1, 0.15) is 51.0 Å². The number of phenolic OH excluding ortho intramolecular Hbond substituents is 1. The molecule has 4 heteroatoms. The van der Waals surface area contributed by atoms with Gasteiger partial charge in [0, 0.05) is 6.07 Å². The van der Waals surface area contributed by atoms with Gasteiger partial charge in [-0.1, -0.05) is 17.2 Å². The van der Waals surface area contributed by atoms with E-state index in [9.17, 15) is 15.3 Å². The zero-order valence-corrected chi connectivity index (χ0v) is 13.8. The van der Waals surface area contributed by atoms with Gasteiger partial charge in [0.1, 0.15) is 18.1 Å². The number of aliphatic hydroxyl groups is 2. The molecular formula is C18H26O4. The van der Waals surface area contributed by atoms with Crippen LogP contribution in [0.15, 0.2) is 35.4 Å². The lowest BCUT2D eigenvalue weighted by Gasteiger charge is -2.15. The van der Waals surface area contributed by atoms with Gasteiger partial charge in [-0.25, -0.2) is 0 Å². The SMILES string of the molecule is CC(C)=CCC/C(C)=C/COc1cc(O)cc(C)c1C(O)O. The summed E-state index contributed by atoms with van der Waals surface area (Å²) in [4.78, 5) is 0. The molecule has 0 amide bonds. The lowest BCUT2D eigenvalue weighted by Crippen LogP contribution is -2.04. The first kappa shape index (κ1) is 18.3. The van der Waals surface area contributed by atoms with E-state index in [1.54, 1.807) is 6.92 Å². The maximum atomic E-state index is 9.61. The molecule has 22 heavy (non-hydrogen) atoms. The molecule has 0 radical (unpaired) electrons. The van der Waals surface area contributed by atoms with E-state index in [-0.39, 0.29) is 11.3 Å². The van der Waals surface area contributed by atoms with E-state index in [0.717, 1.165) is 12.8 Å². The van der Waals surface area contributed by atoms with Crippen molar-refractivity contribution in [3.8, 4) is 11.5 Å². The van der Waals surface area contributed by atoms with E-state index in [1.165, 1.54) is 23.3 Å². The minimum atomic E-state index is -1.63. The summed E-state index contributed by atoms with van der Waals surface area (Å²) in [6, 6.07) is 2.87. The summed E-state index contributed by atoms with van der Waals surface area (Å²) < 4.78 is 5.59. The van der Waals surface area contributed by atoms with Gasteiger partial charge in [0.15, 0.2) is 6.29 Å². The first-order valence-electron chi connectivity index (χ1n) is 7.42. The molecule has 0 spiro atoms. The molecule has 0 aromatic heterocycles. The van der Waals surface area contributed by atoms with Crippen LogP contribution >= 0.6 is 0 Å². The number of hydrogen-bond donors (Lipinski definition) is 3. The van der Waals surface area contributed by atoms with Crippen LogP contribution in [0.4, 0.5) is 0 Å². The van der Waals surface area contributed by atoms with Crippen molar-refractivity contribution in [3.63, 3.8) is 0 Å². The van der Waals surface area contributed by atoms with Crippen molar-refractivity contribution in [2.24, 2.45) is 0 Å². The third-order valence-corrected chi connectivity index (χ3v) is 3.35. The fraction of sp³-hybridized carbons (Fsp3) is 0.444. The quantitative estimate of drug-likeness (QED) is 0.530. The lowest BCUT2D eigenvalue weighted by atomic mass is 10.1. The van der Waals surface area contributed by atoms with Crippen molar-refractivity contribution in [2.75, 3.05) is 6.61 Å². The molecular weight excluding hydrogens is 280 g/mol. The molecule has 0 bridgehead atoms. The van der Waals surface area contributed by atoms with Gasteiger partial charge in [-0.15, -0.1) is 0 Å². The smallest absolute Gasteiger partial charge is 0.182 e. The zero-order valence-electron chi connectivity index (χ0n) is 13.8. The highest BCUT2D eigenvalue weighted by atomic mass is 16.5. The molecule has 3 N–H and O–H groups in total. The number of allylic oxidation sites excluding steroid dienone is 3. The summed E-state index contributed by atoms with van der Waals surface area (Å²) in [5, 5.41) is 28.5. The van der Waals surface area contributed by atoms with Crippen molar-refractivity contribution >= 4 is 0 Å². The third kappa shape index (κ3) is 5.92. The minimum Gasteiger partial charge on any atom is -0.508 e. The fourth-order valence-electron chi connectivity index (χ4n) is 2.16. The highest BCUT2D eigenvalue weighted by Gasteiger charge is 2.15. The van der Waals surface area contributed by atoms with Gasteiger partial charge in [-0.2, -0.15) is 0 Å². The molecule has 1 aromatic rings.